The summed E-state index contributed by atoms with van der Waals surface area (Å²) in [5.41, 5.74) is 1.99. The van der Waals surface area contributed by atoms with Crippen LogP contribution in [0.5, 0.6) is 5.75 Å². The van der Waals surface area contributed by atoms with Crippen LogP contribution < -0.4 is 10.1 Å². The largest absolute Gasteiger partial charge is 0.493 e. The van der Waals surface area contributed by atoms with Crippen LogP contribution in [-0.2, 0) is 11.3 Å². The molecule has 33 heavy (non-hydrogen) atoms. The number of carbonyl (C=O) groups is 3. The maximum Gasteiger partial charge on any atom is 0.338 e. The van der Waals surface area contributed by atoms with Crippen LogP contribution in [0.2, 0.25) is 0 Å². The van der Waals surface area contributed by atoms with Crippen LogP contribution >= 0.6 is 0 Å². The number of fused-ring (bicyclic) bond motifs is 1. The molecule has 0 fully saturated rings. The molecule has 0 radical (unpaired) electrons. The monoisotopic (exact) mass is 451 g/mol. The first-order valence-electron chi connectivity index (χ1n) is 10.8. The Morgan fingerprint density at radius 3 is 2.30 bits per heavy atom. The summed E-state index contributed by atoms with van der Waals surface area (Å²) in [6.45, 7) is 7.98. The molecule has 0 aliphatic carbocycles. The SMILES string of the molecule is CCOc1cc2c(cc1C(=O)NC)C(=N)N(CC(=O)c1ccc(C(=O)OC(C)(C)C)cc1)C2. The van der Waals surface area contributed by atoms with Gasteiger partial charge in [-0.2, -0.15) is 0 Å². The number of esters is 1. The molecule has 1 heterocycles. The lowest BCUT2D eigenvalue weighted by atomic mass is 10.0. The molecule has 0 bridgehead atoms. The molecule has 1 amide bonds. The second kappa shape index (κ2) is 9.44. The molecule has 2 N–H and O–H groups in total. The fraction of sp³-hybridized carbons (Fsp3) is 0.360. The number of nitrogens with zero attached hydrogens (tertiary/aromatic N) is 1. The number of hydrogen-bond donors (Lipinski definition) is 2. The molecule has 0 atom stereocenters. The Kier molecular flexibility index (Phi) is 6.86. The summed E-state index contributed by atoms with van der Waals surface area (Å²) in [5, 5.41) is 11.1. The molecule has 8 heteroatoms. The van der Waals surface area contributed by atoms with Crippen molar-refractivity contribution in [2.75, 3.05) is 20.2 Å². The van der Waals surface area contributed by atoms with E-state index in [9.17, 15) is 14.4 Å². The third kappa shape index (κ3) is 5.39. The average molecular weight is 452 g/mol. The molecule has 1 aliphatic rings. The smallest absolute Gasteiger partial charge is 0.338 e. The predicted molar refractivity (Wildman–Crippen MR) is 124 cm³/mol. The van der Waals surface area contributed by atoms with Gasteiger partial charge in [0.15, 0.2) is 5.78 Å². The molecule has 3 rings (SSSR count). The lowest BCUT2D eigenvalue weighted by Gasteiger charge is -2.19. The van der Waals surface area contributed by atoms with Gasteiger partial charge in [0.2, 0.25) is 0 Å². The van der Waals surface area contributed by atoms with Gasteiger partial charge in [0.1, 0.15) is 17.2 Å². The van der Waals surface area contributed by atoms with Crippen molar-refractivity contribution in [3.63, 3.8) is 0 Å². The molecule has 1 aliphatic heterocycles. The van der Waals surface area contributed by atoms with Crippen LogP contribution in [0.4, 0.5) is 0 Å². The summed E-state index contributed by atoms with van der Waals surface area (Å²) in [7, 11) is 1.54. The van der Waals surface area contributed by atoms with Gasteiger partial charge >= 0.3 is 5.97 Å². The minimum atomic E-state index is -0.601. The summed E-state index contributed by atoms with van der Waals surface area (Å²) in [5.74, 6) is -0.296. The van der Waals surface area contributed by atoms with Crippen LogP contribution in [0.3, 0.4) is 0 Å². The normalized spacial score (nSPS) is 12.9. The highest BCUT2D eigenvalue weighted by Crippen LogP contribution is 2.30. The van der Waals surface area contributed by atoms with E-state index in [2.05, 4.69) is 5.32 Å². The van der Waals surface area contributed by atoms with E-state index in [4.69, 9.17) is 14.9 Å². The van der Waals surface area contributed by atoms with Crippen molar-refractivity contribution in [3.8, 4) is 5.75 Å². The number of amides is 1. The number of rotatable bonds is 7. The van der Waals surface area contributed by atoms with E-state index in [-0.39, 0.29) is 24.1 Å². The Morgan fingerprint density at radius 1 is 1.09 bits per heavy atom. The highest BCUT2D eigenvalue weighted by molar-refractivity contribution is 6.07. The van der Waals surface area contributed by atoms with Gasteiger partial charge in [-0.1, -0.05) is 12.1 Å². The highest BCUT2D eigenvalue weighted by atomic mass is 16.6. The third-order valence-corrected chi connectivity index (χ3v) is 5.09. The van der Waals surface area contributed by atoms with Crippen molar-refractivity contribution in [3.05, 3.63) is 64.2 Å². The van der Waals surface area contributed by atoms with Crippen molar-refractivity contribution < 1.29 is 23.9 Å². The van der Waals surface area contributed by atoms with E-state index in [1.807, 2.05) is 6.92 Å². The number of carbonyl (C=O) groups excluding carboxylic acids is 3. The molecule has 0 unspecified atom stereocenters. The number of amidine groups is 1. The van der Waals surface area contributed by atoms with Gasteiger partial charge in [0.05, 0.1) is 24.3 Å². The van der Waals surface area contributed by atoms with Crippen molar-refractivity contribution in [2.24, 2.45) is 0 Å². The number of ether oxygens (including phenoxy) is 2. The summed E-state index contributed by atoms with van der Waals surface area (Å²) < 4.78 is 11.0. The number of Topliss-reactive ketones (excluding diaryl/α,β-unsaturated/α-hetero) is 1. The van der Waals surface area contributed by atoms with Crippen LogP contribution in [0.15, 0.2) is 36.4 Å². The predicted octanol–water partition coefficient (Wildman–Crippen LogP) is 3.42. The van der Waals surface area contributed by atoms with Crippen LogP contribution in [0.1, 0.15) is 69.9 Å². The second-order valence-electron chi connectivity index (χ2n) is 8.72. The topological polar surface area (TPSA) is 109 Å². The lowest BCUT2D eigenvalue weighted by Crippen LogP contribution is -2.30. The molecule has 2 aromatic rings. The fourth-order valence-electron chi connectivity index (χ4n) is 3.54. The first-order valence-corrected chi connectivity index (χ1v) is 10.8. The van der Waals surface area contributed by atoms with Gasteiger partial charge in [-0.25, -0.2) is 4.79 Å². The van der Waals surface area contributed by atoms with E-state index in [0.717, 1.165) is 5.56 Å². The highest BCUT2D eigenvalue weighted by Gasteiger charge is 2.29. The van der Waals surface area contributed by atoms with E-state index < -0.39 is 11.6 Å². The van der Waals surface area contributed by atoms with Crippen molar-refractivity contribution in [1.29, 1.82) is 5.41 Å². The molecular formula is C25H29N3O5. The Labute approximate surface area is 193 Å². The molecule has 174 valence electrons. The van der Waals surface area contributed by atoms with Crippen molar-refractivity contribution in [1.82, 2.24) is 10.2 Å². The Morgan fingerprint density at radius 2 is 1.73 bits per heavy atom. The molecule has 2 aromatic carbocycles. The zero-order valence-corrected chi connectivity index (χ0v) is 19.6. The Balaban J connectivity index is 1.74. The molecule has 0 saturated heterocycles. The fourth-order valence-corrected chi connectivity index (χ4v) is 3.54. The van der Waals surface area contributed by atoms with Crippen molar-refractivity contribution in [2.45, 2.75) is 39.8 Å². The van der Waals surface area contributed by atoms with E-state index in [1.54, 1.807) is 62.1 Å². The number of benzene rings is 2. The first kappa shape index (κ1) is 24.0. The summed E-state index contributed by atoms with van der Waals surface area (Å²) >= 11 is 0. The quantitative estimate of drug-likeness (QED) is 0.493. The molecule has 8 nitrogen and oxygen atoms in total. The van der Waals surface area contributed by atoms with Gasteiger partial charge in [0, 0.05) is 24.7 Å². The van der Waals surface area contributed by atoms with Gasteiger partial charge in [-0.05, 0) is 57.5 Å². The molecule has 0 aromatic heterocycles. The maximum absolute atomic E-state index is 12.9. The molecule has 0 saturated carbocycles. The van der Waals surface area contributed by atoms with Gasteiger partial charge in [-0.3, -0.25) is 15.0 Å². The lowest BCUT2D eigenvalue weighted by molar-refractivity contribution is 0.00692. The van der Waals surface area contributed by atoms with E-state index in [0.29, 0.717) is 41.2 Å². The summed E-state index contributed by atoms with van der Waals surface area (Å²) in [6.07, 6.45) is 0. The Hall–Kier alpha value is -3.68. The molecular weight excluding hydrogens is 422 g/mol. The van der Waals surface area contributed by atoms with Crippen molar-refractivity contribution >= 4 is 23.5 Å². The van der Waals surface area contributed by atoms with Crippen LogP contribution in [-0.4, -0.2) is 54.2 Å². The summed E-state index contributed by atoms with van der Waals surface area (Å²) in [6, 6.07) is 9.71. The average Bonchev–Trinajstić information content (AvgIpc) is 3.06. The van der Waals surface area contributed by atoms with Crippen LogP contribution in [0.25, 0.3) is 0 Å². The standard InChI is InChI=1S/C25H29N3O5/c1-6-32-21-11-17-13-28(22(26)18(17)12-19(21)23(30)27-5)14-20(29)15-7-9-16(10-8-15)24(31)33-25(2,3)4/h7-12,26H,6,13-14H2,1-5H3,(H,27,30). The molecule has 0 spiro atoms. The van der Waals surface area contributed by atoms with Gasteiger partial charge in [0.25, 0.3) is 5.91 Å². The summed E-state index contributed by atoms with van der Waals surface area (Å²) in [4.78, 5) is 38.9. The van der Waals surface area contributed by atoms with Gasteiger partial charge in [-0.15, -0.1) is 0 Å². The zero-order chi connectivity index (χ0) is 24.3. The van der Waals surface area contributed by atoms with E-state index in [1.165, 1.54) is 7.05 Å². The third-order valence-electron chi connectivity index (χ3n) is 5.09. The Bertz CT molecular complexity index is 1100. The zero-order valence-electron chi connectivity index (χ0n) is 19.6. The first-order chi connectivity index (χ1) is 15.5. The number of nitrogens with one attached hydrogen (secondary N) is 2. The second-order valence-corrected chi connectivity index (χ2v) is 8.72. The minimum absolute atomic E-state index is 0.00142. The maximum atomic E-state index is 12.9. The van der Waals surface area contributed by atoms with Gasteiger partial charge < -0.3 is 19.7 Å². The minimum Gasteiger partial charge on any atom is -0.493 e. The number of ketones is 1. The number of hydrogen-bond acceptors (Lipinski definition) is 6. The van der Waals surface area contributed by atoms with E-state index >= 15 is 0 Å². The van der Waals surface area contributed by atoms with Crippen LogP contribution in [0, 0.1) is 5.41 Å².